The summed E-state index contributed by atoms with van der Waals surface area (Å²) < 4.78 is 13.0. The van der Waals surface area contributed by atoms with Crippen molar-refractivity contribution in [1.82, 2.24) is 14.7 Å². The average molecular weight is 484 g/mol. The van der Waals surface area contributed by atoms with E-state index < -0.39 is 5.60 Å². The van der Waals surface area contributed by atoms with Gasteiger partial charge in [0, 0.05) is 24.4 Å². The van der Waals surface area contributed by atoms with Crippen LogP contribution < -0.4 is 5.32 Å². The van der Waals surface area contributed by atoms with Crippen molar-refractivity contribution in [3.63, 3.8) is 0 Å². The van der Waals surface area contributed by atoms with Gasteiger partial charge in [0.25, 0.3) is 0 Å². The first-order valence-corrected chi connectivity index (χ1v) is 12.5. The zero-order chi connectivity index (χ0) is 25.3. The molecule has 1 aliphatic rings. The van der Waals surface area contributed by atoms with Gasteiger partial charge < -0.3 is 14.8 Å². The van der Waals surface area contributed by atoms with Crippen LogP contribution in [-0.2, 0) is 21.6 Å². The molecule has 0 saturated heterocycles. The SMILES string of the molecule is COCc1ccc2nc(-c3ccc(C4(NC(=O)OC(C)(C)C)CCC4)cc3)c(-c3ccccc3)n2c1. The van der Waals surface area contributed by atoms with E-state index in [2.05, 4.69) is 58.4 Å². The Hall–Kier alpha value is -3.64. The highest BCUT2D eigenvalue weighted by atomic mass is 16.6. The number of ether oxygens (including phenoxy) is 2. The van der Waals surface area contributed by atoms with Gasteiger partial charge in [-0.3, -0.25) is 4.40 Å². The Bertz CT molecular complexity index is 1360. The molecule has 6 nitrogen and oxygen atoms in total. The van der Waals surface area contributed by atoms with Gasteiger partial charge in [0.05, 0.1) is 23.5 Å². The molecule has 5 rings (SSSR count). The number of hydrogen-bond acceptors (Lipinski definition) is 4. The Morgan fingerprint density at radius 1 is 1.00 bits per heavy atom. The van der Waals surface area contributed by atoms with E-state index in [-0.39, 0.29) is 11.6 Å². The molecule has 36 heavy (non-hydrogen) atoms. The van der Waals surface area contributed by atoms with Crippen LogP contribution in [0, 0.1) is 0 Å². The minimum atomic E-state index is -0.529. The van der Waals surface area contributed by atoms with Crippen LogP contribution in [0.1, 0.15) is 51.2 Å². The number of benzene rings is 2. The van der Waals surface area contributed by atoms with E-state index in [0.717, 1.165) is 58.6 Å². The lowest BCUT2D eigenvalue weighted by molar-refractivity contribution is 0.0377. The molecular formula is C30H33N3O3. The Morgan fingerprint density at radius 2 is 1.72 bits per heavy atom. The second kappa shape index (κ2) is 9.43. The molecule has 1 aliphatic carbocycles. The molecule has 0 spiro atoms. The molecule has 0 unspecified atom stereocenters. The van der Waals surface area contributed by atoms with Gasteiger partial charge in [-0.1, -0.05) is 60.7 Å². The zero-order valence-corrected chi connectivity index (χ0v) is 21.4. The van der Waals surface area contributed by atoms with E-state index >= 15 is 0 Å². The van der Waals surface area contributed by atoms with Crippen LogP contribution >= 0.6 is 0 Å². The molecule has 0 bridgehead atoms. The smallest absolute Gasteiger partial charge is 0.408 e. The lowest BCUT2D eigenvalue weighted by Crippen LogP contribution is -2.52. The number of hydrogen-bond donors (Lipinski definition) is 1. The van der Waals surface area contributed by atoms with Crippen molar-refractivity contribution in [2.75, 3.05) is 7.11 Å². The molecule has 6 heteroatoms. The first-order chi connectivity index (χ1) is 17.3. The average Bonchev–Trinajstić information content (AvgIpc) is 3.20. The Balaban J connectivity index is 1.52. The number of nitrogens with one attached hydrogen (secondary N) is 1. The van der Waals surface area contributed by atoms with Gasteiger partial charge in [-0.25, -0.2) is 9.78 Å². The maximum absolute atomic E-state index is 12.5. The molecule has 0 atom stereocenters. The lowest BCUT2D eigenvalue weighted by Gasteiger charge is -2.43. The molecule has 0 aliphatic heterocycles. The maximum atomic E-state index is 12.5. The van der Waals surface area contributed by atoms with Gasteiger partial charge in [-0.15, -0.1) is 0 Å². The van der Waals surface area contributed by atoms with Crippen molar-refractivity contribution in [2.45, 2.75) is 57.8 Å². The summed E-state index contributed by atoms with van der Waals surface area (Å²) in [6.45, 7) is 6.18. The molecule has 2 aromatic heterocycles. The van der Waals surface area contributed by atoms with Crippen LogP contribution in [-0.4, -0.2) is 28.2 Å². The van der Waals surface area contributed by atoms with Gasteiger partial charge in [-0.05, 0) is 57.2 Å². The molecule has 2 aromatic carbocycles. The van der Waals surface area contributed by atoms with E-state index in [1.54, 1.807) is 7.11 Å². The molecule has 186 valence electrons. The monoisotopic (exact) mass is 483 g/mol. The van der Waals surface area contributed by atoms with Crippen molar-refractivity contribution in [3.05, 3.63) is 84.1 Å². The topological polar surface area (TPSA) is 64.9 Å². The maximum Gasteiger partial charge on any atom is 0.408 e. The number of pyridine rings is 1. The third kappa shape index (κ3) is 4.73. The zero-order valence-electron chi connectivity index (χ0n) is 21.4. The molecule has 4 aromatic rings. The van der Waals surface area contributed by atoms with Crippen molar-refractivity contribution >= 4 is 11.7 Å². The second-order valence-electron chi connectivity index (χ2n) is 10.5. The van der Waals surface area contributed by atoms with Crippen molar-refractivity contribution in [3.8, 4) is 22.5 Å². The van der Waals surface area contributed by atoms with Gasteiger partial charge in [0.2, 0.25) is 0 Å². The Morgan fingerprint density at radius 3 is 2.33 bits per heavy atom. The van der Waals surface area contributed by atoms with Crippen molar-refractivity contribution in [1.29, 1.82) is 0 Å². The summed E-state index contributed by atoms with van der Waals surface area (Å²) in [5.41, 5.74) is 6.25. The van der Waals surface area contributed by atoms with Gasteiger partial charge in [0.1, 0.15) is 11.2 Å². The third-order valence-electron chi connectivity index (χ3n) is 6.70. The largest absolute Gasteiger partial charge is 0.444 e. The van der Waals surface area contributed by atoms with Gasteiger partial charge in [0.15, 0.2) is 0 Å². The fraction of sp³-hybridized carbons (Fsp3) is 0.333. The van der Waals surface area contributed by atoms with E-state index in [9.17, 15) is 4.79 Å². The predicted molar refractivity (Wildman–Crippen MR) is 142 cm³/mol. The highest BCUT2D eigenvalue weighted by molar-refractivity contribution is 5.82. The highest BCUT2D eigenvalue weighted by Gasteiger charge is 2.41. The number of aromatic nitrogens is 2. The molecule has 1 amide bonds. The standard InChI is InChI=1S/C30H33N3O3/c1-29(2,3)36-28(34)32-30(17-8-18-30)24-14-12-22(13-15-24)26-27(23-9-6-5-7-10-23)33-19-21(20-35-4)11-16-25(33)31-26/h5-7,9-16,19H,8,17-18,20H2,1-4H3,(H,32,34). The summed E-state index contributed by atoms with van der Waals surface area (Å²) >= 11 is 0. The third-order valence-corrected chi connectivity index (χ3v) is 6.70. The Labute approximate surface area is 212 Å². The normalized spacial score (nSPS) is 14.9. The number of methoxy groups -OCH3 is 1. The van der Waals surface area contributed by atoms with Gasteiger partial charge >= 0.3 is 6.09 Å². The van der Waals surface area contributed by atoms with Crippen LogP contribution in [0.15, 0.2) is 72.9 Å². The van der Waals surface area contributed by atoms with E-state index in [1.807, 2.05) is 45.0 Å². The van der Waals surface area contributed by atoms with Crippen molar-refractivity contribution < 1.29 is 14.3 Å². The number of carbonyl (C=O) groups is 1. The summed E-state index contributed by atoms with van der Waals surface area (Å²) in [7, 11) is 1.70. The molecular weight excluding hydrogens is 450 g/mol. The predicted octanol–water partition coefficient (Wildman–Crippen LogP) is 6.72. The van der Waals surface area contributed by atoms with E-state index in [0.29, 0.717) is 6.61 Å². The summed E-state index contributed by atoms with van der Waals surface area (Å²) in [5, 5.41) is 3.15. The number of fused-ring (bicyclic) bond motifs is 1. The minimum absolute atomic E-state index is 0.371. The lowest BCUT2D eigenvalue weighted by atomic mass is 9.71. The highest BCUT2D eigenvalue weighted by Crippen LogP contribution is 2.42. The molecule has 2 heterocycles. The van der Waals surface area contributed by atoms with Crippen LogP contribution in [0.2, 0.25) is 0 Å². The summed E-state index contributed by atoms with van der Waals surface area (Å²) in [6, 6.07) is 22.9. The summed E-state index contributed by atoms with van der Waals surface area (Å²) in [6.07, 6.45) is 4.60. The summed E-state index contributed by atoms with van der Waals surface area (Å²) in [4.78, 5) is 17.6. The van der Waals surface area contributed by atoms with Crippen LogP contribution in [0.3, 0.4) is 0 Å². The molecule has 1 fully saturated rings. The van der Waals surface area contributed by atoms with Gasteiger partial charge in [-0.2, -0.15) is 0 Å². The number of nitrogens with zero attached hydrogens (tertiary/aromatic N) is 2. The number of amides is 1. The number of rotatable bonds is 6. The van der Waals surface area contributed by atoms with Crippen LogP contribution in [0.25, 0.3) is 28.2 Å². The summed E-state index contributed by atoms with van der Waals surface area (Å²) in [5.74, 6) is 0. The Kier molecular flexibility index (Phi) is 6.31. The first kappa shape index (κ1) is 24.1. The first-order valence-electron chi connectivity index (χ1n) is 12.5. The fourth-order valence-electron chi connectivity index (χ4n) is 4.88. The molecule has 1 saturated carbocycles. The fourth-order valence-corrected chi connectivity index (χ4v) is 4.88. The minimum Gasteiger partial charge on any atom is -0.444 e. The second-order valence-corrected chi connectivity index (χ2v) is 10.5. The van der Waals surface area contributed by atoms with Crippen molar-refractivity contribution in [2.24, 2.45) is 0 Å². The molecule has 0 radical (unpaired) electrons. The quantitative estimate of drug-likeness (QED) is 0.331. The van der Waals surface area contributed by atoms with Crippen LogP contribution in [0.4, 0.5) is 4.79 Å². The molecule has 1 N–H and O–H groups in total. The number of imidazole rings is 1. The number of alkyl carbamates (subject to hydrolysis) is 1. The number of carbonyl (C=O) groups excluding carboxylic acids is 1. The van der Waals surface area contributed by atoms with Crippen LogP contribution in [0.5, 0.6) is 0 Å². The van der Waals surface area contributed by atoms with E-state index in [4.69, 9.17) is 14.5 Å². The van der Waals surface area contributed by atoms with E-state index in [1.165, 1.54) is 0 Å².